The summed E-state index contributed by atoms with van der Waals surface area (Å²) in [6, 6.07) is 8.46. The molecule has 0 radical (unpaired) electrons. The molecule has 0 bridgehead atoms. The molecule has 0 atom stereocenters. The molecular formula is C21H23ClN2O6S. The van der Waals surface area contributed by atoms with Crippen molar-refractivity contribution in [3.05, 3.63) is 52.5 Å². The van der Waals surface area contributed by atoms with Gasteiger partial charge in [0.15, 0.2) is 0 Å². The number of rotatable bonds is 6. The van der Waals surface area contributed by atoms with Crippen LogP contribution in [0.2, 0.25) is 5.02 Å². The van der Waals surface area contributed by atoms with Gasteiger partial charge in [-0.3, -0.25) is 4.79 Å². The van der Waals surface area contributed by atoms with Crippen LogP contribution in [0.4, 0.5) is 5.69 Å². The Hall–Kier alpha value is -2.62. The molecule has 0 spiro atoms. The standard InChI is InChI=1S/C21H23ClN2O6S/c1-29-19-9-7-15(31(27,28)24-10-4-3-5-11-24)13-16(19)20(25)23-18-12-14(21(26)30-2)6-8-17(18)22/h6-9,12-13H,3-5,10-11H2,1-2H3,(H,23,25). The zero-order valence-corrected chi connectivity index (χ0v) is 18.8. The Balaban J connectivity index is 1.94. The number of hydrogen-bond donors (Lipinski definition) is 1. The second-order valence-corrected chi connectivity index (χ2v) is 9.31. The van der Waals surface area contributed by atoms with Gasteiger partial charge in [0.25, 0.3) is 5.91 Å². The number of benzene rings is 2. The molecule has 1 amide bonds. The zero-order chi connectivity index (χ0) is 22.6. The minimum absolute atomic E-state index is 0.00904. The molecule has 1 fully saturated rings. The van der Waals surface area contributed by atoms with Crippen molar-refractivity contribution in [2.24, 2.45) is 0 Å². The average Bonchev–Trinajstić information content (AvgIpc) is 2.80. The number of nitrogens with one attached hydrogen (secondary N) is 1. The molecule has 1 aliphatic rings. The molecule has 166 valence electrons. The van der Waals surface area contributed by atoms with Crippen molar-refractivity contribution in [1.82, 2.24) is 4.31 Å². The van der Waals surface area contributed by atoms with Gasteiger partial charge in [-0.2, -0.15) is 4.31 Å². The van der Waals surface area contributed by atoms with Gasteiger partial charge in [0.2, 0.25) is 10.0 Å². The summed E-state index contributed by atoms with van der Waals surface area (Å²) in [4.78, 5) is 24.8. The van der Waals surface area contributed by atoms with E-state index < -0.39 is 21.9 Å². The molecule has 0 aromatic heterocycles. The molecule has 3 rings (SSSR count). The molecular weight excluding hydrogens is 444 g/mol. The topological polar surface area (TPSA) is 102 Å². The number of esters is 1. The van der Waals surface area contributed by atoms with Crippen molar-refractivity contribution in [2.75, 3.05) is 32.6 Å². The van der Waals surface area contributed by atoms with Gasteiger partial charge in [0.05, 0.1) is 41.0 Å². The maximum Gasteiger partial charge on any atom is 0.337 e. The van der Waals surface area contributed by atoms with Crippen molar-refractivity contribution >= 4 is 39.2 Å². The van der Waals surface area contributed by atoms with E-state index in [0.717, 1.165) is 19.3 Å². The van der Waals surface area contributed by atoms with Crippen LogP contribution in [0.1, 0.15) is 40.0 Å². The third kappa shape index (κ3) is 5.00. The Morgan fingerprint density at radius 1 is 1.03 bits per heavy atom. The molecule has 0 saturated carbocycles. The average molecular weight is 467 g/mol. The minimum Gasteiger partial charge on any atom is -0.496 e. The van der Waals surface area contributed by atoms with Gasteiger partial charge >= 0.3 is 5.97 Å². The van der Waals surface area contributed by atoms with Gasteiger partial charge < -0.3 is 14.8 Å². The second-order valence-electron chi connectivity index (χ2n) is 6.97. The van der Waals surface area contributed by atoms with Crippen molar-refractivity contribution in [3.8, 4) is 5.75 Å². The first-order chi connectivity index (χ1) is 14.8. The van der Waals surface area contributed by atoms with Crippen LogP contribution < -0.4 is 10.1 Å². The van der Waals surface area contributed by atoms with Gasteiger partial charge in [0.1, 0.15) is 5.75 Å². The number of halogens is 1. The van der Waals surface area contributed by atoms with Gasteiger partial charge in [-0.05, 0) is 49.2 Å². The van der Waals surface area contributed by atoms with Gasteiger partial charge in [-0.1, -0.05) is 18.0 Å². The summed E-state index contributed by atoms with van der Waals surface area (Å²) in [6.07, 6.45) is 2.60. The lowest BCUT2D eigenvalue weighted by molar-refractivity contribution is 0.0600. The largest absolute Gasteiger partial charge is 0.496 e. The summed E-state index contributed by atoms with van der Waals surface area (Å²) in [7, 11) is -1.11. The normalized spacial score (nSPS) is 14.7. The third-order valence-corrected chi connectivity index (χ3v) is 7.23. The summed E-state index contributed by atoms with van der Waals surface area (Å²) in [5.41, 5.74) is 0.414. The van der Waals surface area contributed by atoms with Crippen LogP contribution in [0.25, 0.3) is 0 Å². The van der Waals surface area contributed by atoms with Crippen LogP contribution in [0, 0.1) is 0 Å². The van der Waals surface area contributed by atoms with Crippen LogP contribution in [0.5, 0.6) is 5.75 Å². The van der Waals surface area contributed by atoms with E-state index in [2.05, 4.69) is 10.1 Å². The van der Waals surface area contributed by atoms with Gasteiger partial charge in [0, 0.05) is 13.1 Å². The first-order valence-electron chi connectivity index (χ1n) is 9.65. The summed E-state index contributed by atoms with van der Waals surface area (Å²) in [5, 5.41) is 2.82. The van der Waals surface area contributed by atoms with Gasteiger partial charge in [-0.25, -0.2) is 13.2 Å². The molecule has 1 N–H and O–H groups in total. The van der Waals surface area contributed by atoms with E-state index in [0.29, 0.717) is 13.1 Å². The number of anilines is 1. The van der Waals surface area contributed by atoms with E-state index in [1.165, 1.54) is 54.9 Å². The lowest BCUT2D eigenvalue weighted by Crippen LogP contribution is -2.35. The molecule has 10 heteroatoms. The molecule has 1 heterocycles. The van der Waals surface area contributed by atoms with Gasteiger partial charge in [-0.15, -0.1) is 0 Å². The lowest BCUT2D eigenvalue weighted by Gasteiger charge is -2.26. The Kier molecular flexibility index (Phi) is 7.19. The SMILES string of the molecule is COC(=O)c1ccc(Cl)c(NC(=O)c2cc(S(=O)(=O)N3CCCCC3)ccc2OC)c1. The number of ether oxygens (including phenoxy) is 2. The predicted molar refractivity (Wildman–Crippen MR) is 116 cm³/mol. The van der Waals surface area contributed by atoms with Crippen molar-refractivity contribution in [1.29, 1.82) is 0 Å². The second kappa shape index (κ2) is 9.67. The highest BCUT2D eigenvalue weighted by atomic mass is 35.5. The molecule has 2 aromatic carbocycles. The number of methoxy groups -OCH3 is 2. The number of piperidine rings is 1. The van der Waals surface area contributed by atoms with E-state index in [9.17, 15) is 18.0 Å². The fraction of sp³-hybridized carbons (Fsp3) is 0.333. The van der Waals surface area contributed by atoms with E-state index >= 15 is 0 Å². The number of carbonyl (C=O) groups is 2. The summed E-state index contributed by atoms with van der Waals surface area (Å²) >= 11 is 6.15. The Morgan fingerprint density at radius 2 is 1.74 bits per heavy atom. The molecule has 1 saturated heterocycles. The summed E-state index contributed by atoms with van der Waals surface area (Å²) in [6.45, 7) is 0.900. The summed E-state index contributed by atoms with van der Waals surface area (Å²) in [5.74, 6) is -1.01. The highest BCUT2D eigenvalue weighted by Crippen LogP contribution is 2.29. The van der Waals surface area contributed by atoms with Crippen molar-refractivity contribution in [2.45, 2.75) is 24.2 Å². The smallest absolute Gasteiger partial charge is 0.337 e. The maximum absolute atomic E-state index is 13.0. The number of sulfonamides is 1. The fourth-order valence-electron chi connectivity index (χ4n) is 3.33. The number of hydrogen-bond acceptors (Lipinski definition) is 6. The van der Waals surface area contributed by atoms with Crippen LogP contribution >= 0.6 is 11.6 Å². The van der Waals surface area contributed by atoms with Crippen molar-refractivity contribution in [3.63, 3.8) is 0 Å². The van der Waals surface area contributed by atoms with Crippen molar-refractivity contribution < 1.29 is 27.5 Å². The fourth-order valence-corrected chi connectivity index (χ4v) is 5.04. The van der Waals surface area contributed by atoms with E-state index in [1.54, 1.807) is 0 Å². The van der Waals surface area contributed by atoms with E-state index in [-0.39, 0.29) is 32.5 Å². The molecule has 31 heavy (non-hydrogen) atoms. The Morgan fingerprint density at radius 3 is 2.39 bits per heavy atom. The number of carbonyl (C=O) groups excluding carboxylic acids is 2. The van der Waals surface area contributed by atoms with Crippen LogP contribution in [0.15, 0.2) is 41.3 Å². The Labute approximate surface area is 186 Å². The number of nitrogens with zero attached hydrogens (tertiary/aromatic N) is 1. The molecule has 0 unspecified atom stereocenters. The quantitative estimate of drug-likeness (QED) is 0.653. The number of amides is 1. The maximum atomic E-state index is 13.0. The predicted octanol–water partition coefficient (Wildman–Crippen LogP) is 3.56. The van der Waals surface area contributed by atoms with Crippen LogP contribution in [0.3, 0.4) is 0 Å². The first kappa shape index (κ1) is 23.1. The highest BCUT2D eigenvalue weighted by Gasteiger charge is 2.28. The Bertz CT molecular complexity index is 1100. The molecule has 1 aliphatic heterocycles. The molecule has 0 aliphatic carbocycles. The minimum atomic E-state index is -3.73. The van der Waals surface area contributed by atoms with E-state index in [1.807, 2.05) is 0 Å². The van der Waals surface area contributed by atoms with E-state index in [4.69, 9.17) is 16.3 Å². The van der Waals surface area contributed by atoms with Crippen LogP contribution in [-0.4, -0.2) is 51.9 Å². The monoisotopic (exact) mass is 466 g/mol. The molecule has 2 aromatic rings. The third-order valence-electron chi connectivity index (χ3n) is 5.00. The summed E-state index contributed by atoms with van der Waals surface area (Å²) < 4.78 is 37.4. The van der Waals surface area contributed by atoms with Crippen LogP contribution in [-0.2, 0) is 14.8 Å². The lowest BCUT2D eigenvalue weighted by atomic mass is 10.1. The first-order valence-corrected chi connectivity index (χ1v) is 11.5. The highest BCUT2D eigenvalue weighted by molar-refractivity contribution is 7.89. The molecule has 8 nitrogen and oxygen atoms in total. The zero-order valence-electron chi connectivity index (χ0n) is 17.2.